The molecule has 1 aromatic rings. The predicted molar refractivity (Wildman–Crippen MR) is 81.8 cm³/mol. The molecule has 120 valence electrons. The zero-order valence-corrected chi connectivity index (χ0v) is 13.0. The largest absolute Gasteiger partial charge is 0.373 e. The van der Waals surface area contributed by atoms with Gasteiger partial charge in [-0.2, -0.15) is 0 Å². The number of ether oxygens (including phenoxy) is 2. The summed E-state index contributed by atoms with van der Waals surface area (Å²) in [5.41, 5.74) is 1.13. The molecule has 1 amide bonds. The molecule has 1 aromatic heterocycles. The summed E-state index contributed by atoms with van der Waals surface area (Å²) in [6.07, 6.45) is -0.556. The van der Waals surface area contributed by atoms with Crippen molar-refractivity contribution in [1.82, 2.24) is 14.8 Å². The number of likely N-dealkylation sites (N-methyl/N-ethyl adjacent to an activating group) is 1. The second-order valence-corrected chi connectivity index (χ2v) is 5.55. The molecule has 0 aromatic carbocycles. The molecule has 22 heavy (non-hydrogen) atoms. The molecule has 1 N–H and O–H groups in total. The van der Waals surface area contributed by atoms with Crippen molar-refractivity contribution in [2.45, 2.75) is 6.29 Å². The van der Waals surface area contributed by atoms with Crippen molar-refractivity contribution < 1.29 is 14.3 Å². The van der Waals surface area contributed by atoms with Gasteiger partial charge in [-0.1, -0.05) is 0 Å². The van der Waals surface area contributed by atoms with Crippen LogP contribution in [-0.2, 0) is 9.47 Å². The van der Waals surface area contributed by atoms with E-state index < -0.39 is 6.29 Å². The van der Waals surface area contributed by atoms with Gasteiger partial charge in [-0.25, -0.2) is 4.98 Å². The Bertz CT molecular complexity index is 538. The third-order valence-electron chi connectivity index (χ3n) is 4.05. The normalized spacial score (nSPS) is 20.4. The third-order valence-corrected chi connectivity index (χ3v) is 4.05. The van der Waals surface area contributed by atoms with Gasteiger partial charge in [0.2, 0.25) is 6.29 Å². The van der Waals surface area contributed by atoms with Crippen LogP contribution in [0.25, 0.3) is 0 Å². The van der Waals surface area contributed by atoms with Crippen molar-refractivity contribution in [3.63, 3.8) is 0 Å². The zero-order valence-electron chi connectivity index (χ0n) is 13.0. The lowest BCUT2D eigenvalue weighted by Gasteiger charge is -2.33. The van der Waals surface area contributed by atoms with Crippen molar-refractivity contribution in [1.29, 1.82) is 0 Å². The number of piperazine rings is 1. The minimum atomic E-state index is -0.556. The monoisotopic (exact) mass is 306 g/mol. The van der Waals surface area contributed by atoms with Gasteiger partial charge in [0.1, 0.15) is 11.5 Å². The zero-order chi connectivity index (χ0) is 15.5. The van der Waals surface area contributed by atoms with Crippen LogP contribution < -0.4 is 5.32 Å². The lowest BCUT2D eigenvalue weighted by atomic mass is 10.1. The number of rotatable bonds is 3. The summed E-state index contributed by atoms with van der Waals surface area (Å²) < 4.78 is 11.1. The Labute approximate surface area is 130 Å². The van der Waals surface area contributed by atoms with Crippen LogP contribution >= 0.6 is 0 Å². The second-order valence-electron chi connectivity index (χ2n) is 5.55. The lowest BCUT2D eigenvalue weighted by Crippen LogP contribution is -2.47. The molecule has 2 fully saturated rings. The molecular weight excluding hydrogens is 284 g/mol. The van der Waals surface area contributed by atoms with Gasteiger partial charge < -0.3 is 24.6 Å². The molecule has 0 aliphatic carbocycles. The van der Waals surface area contributed by atoms with E-state index in [1.54, 1.807) is 13.1 Å². The van der Waals surface area contributed by atoms with E-state index in [-0.39, 0.29) is 5.91 Å². The number of hydrogen-bond donors (Lipinski definition) is 1. The van der Waals surface area contributed by atoms with Gasteiger partial charge in [0.25, 0.3) is 5.91 Å². The first-order chi connectivity index (χ1) is 10.7. The molecule has 0 bridgehead atoms. The molecule has 2 aliphatic rings. The number of anilines is 1. The highest BCUT2D eigenvalue weighted by molar-refractivity contribution is 5.95. The molecule has 0 spiro atoms. The van der Waals surface area contributed by atoms with E-state index in [1.807, 2.05) is 11.0 Å². The lowest BCUT2D eigenvalue weighted by molar-refractivity contribution is -0.0478. The van der Waals surface area contributed by atoms with Gasteiger partial charge in [0, 0.05) is 33.2 Å². The molecule has 2 saturated heterocycles. The number of aromatic nitrogens is 1. The Hall–Kier alpha value is -1.70. The Morgan fingerprint density at radius 3 is 2.55 bits per heavy atom. The van der Waals surface area contributed by atoms with E-state index in [2.05, 4.69) is 22.2 Å². The summed E-state index contributed by atoms with van der Waals surface area (Å²) >= 11 is 0. The first-order valence-corrected chi connectivity index (χ1v) is 7.59. The van der Waals surface area contributed by atoms with E-state index in [0.717, 1.165) is 26.2 Å². The summed E-state index contributed by atoms with van der Waals surface area (Å²) in [6.45, 7) is 4.29. The van der Waals surface area contributed by atoms with E-state index >= 15 is 0 Å². The topological polar surface area (TPSA) is 66.9 Å². The highest BCUT2D eigenvalue weighted by Crippen LogP contribution is 2.27. The summed E-state index contributed by atoms with van der Waals surface area (Å²) in [5.74, 6) is 0.696. The number of nitrogens with one attached hydrogen (secondary N) is 1. The van der Waals surface area contributed by atoms with Crippen molar-refractivity contribution in [3.05, 3.63) is 23.4 Å². The van der Waals surface area contributed by atoms with Gasteiger partial charge >= 0.3 is 0 Å². The first-order valence-electron chi connectivity index (χ1n) is 7.59. The van der Waals surface area contributed by atoms with Crippen LogP contribution in [-0.4, -0.2) is 74.2 Å². The fraction of sp³-hybridized carbons (Fsp3) is 0.600. The van der Waals surface area contributed by atoms with Gasteiger partial charge in [0.05, 0.1) is 18.8 Å². The summed E-state index contributed by atoms with van der Waals surface area (Å²) in [6, 6.07) is 3.61. The molecule has 0 atom stereocenters. The van der Waals surface area contributed by atoms with E-state index in [1.165, 1.54) is 0 Å². The molecule has 3 rings (SSSR count). The first kappa shape index (κ1) is 15.2. The van der Waals surface area contributed by atoms with Crippen LogP contribution in [0, 0.1) is 0 Å². The van der Waals surface area contributed by atoms with Crippen molar-refractivity contribution in [3.8, 4) is 0 Å². The summed E-state index contributed by atoms with van der Waals surface area (Å²) in [7, 11) is 3.86. The molecule has 2 aliphatic heterocycles. The smallest absolute Gasteiger partial charge is 0.255 e. The second kappa shape index (κ2) is 6.60. The Kier molecular flexibility index (Phi) is 4.56. The van der Waals surface area contributed by atoms with Gasteiger partial charge in [0.15, 0.2) is 0 Å². The number of carbonyl (C=O) groups is 1. The fourth-order valence-corrected chi connectivity index (χ4v) is 2.67. The van der Waals surface area contributed by atoms with Gasteiger partial charge in [-0.3, -0.25) is 4.79 Å². The maximum Gasteiger partial charge on any atom is 0.255 e. The highest BCUT2D eigenvalue weighted by Gasteiger charge is 2.29. The highest BCUT2D eigenvalue weighted by atomic mass is 16.7. The van der Waals surface area contributed by atoms with Crippen LogP contribution in [0.4, 0.5) is 5.82 Å². The number of pyridine rings is 1. The Morgan fingerprint density at radius 2 is 1.91 bits per heavy atom. The quantitative estimate of drug-likeness (QED) is 0.880. The number of hydrogen-bond acceptors (Lipinski definition) is 6. The van der Waals surface area contributed by atoms with Gasteiger partial charge in [-0.15, -0.1) is 0 Å². The van der Waals surface area contributed by atoms with Crippen LogP contribution in [0.2, 0.25) is 0 Å². The maximum atomic E-state index is 12.8. The molecule has 3 heterocycles. The Balaban J connectivity index is 1.86. The molecule has 7 nitrogen and oxygen atoms in total. The number of nitrogens with zero attached hydrogens (tertiary/aromatic N) is 3. The minimum Gasteiger partial charge on any atom is -0.373 e. The standard InChI is InChI=1S/C15H22N4O3/c1-16-12-4-3-11(13(17-12)15-21-9-10-22-15)14(20)19-7-5-18(2)6-8-19/h3-4,15H,5-10H2,1-2H3,(H,16,17). The maximum absolute atomic E-state index is 12.8. The van der Waals surface area contributed by atoms with Gasteiger partial charge in [-0.05, 0) is 19.2 Å². The average Bonchev–Trinajstić information content (AvgIpc) is 3.08. The fourth-order valence-electron chi connectivity index (χ4n) is 2.67. The van der Waals surface area contributed by atoms with Crippen LogP contribution in [0.1, 0.15) is 22.3 Å². The molecule has 0 radical (unpaired) electrons. The van der Waals surface area contributed by atoms with E-state index in [0.29, 0.717) is 30.3 Å². The predicted octanol–water partition coefficient (Wildman–Crippen LogP) is 0.556. The summed E-state index contributed by atoms with van der Waals surface area (Å²) in [5, 5.41) is 2.99. The van der Waals surface area contributed by atoms with Crippen LogP contribution in [0.3, 0.4) is 0 Å². The van der Waals surface area contributed by atoms with Crippen LogP contribution in [0.5, 0.6) is 0 Å². The number of amides is 1. The minimum absolute atomic E-state index is 0.00245. The average molecular weight is 306 g/mol. The van der Waals surface area contributed by atoms with E-state index in [9.17, 15) is 4.79 Å². The number of carbonyl (C=O) groups excluding carboxylic acids is 1. The SMILES string of the molecule is CNc1ccc(C(=O)N2CCN(C)CC2)c(C2OCCO2)n1. The molecule has 0 saturated carbocycles. The van der Waals surface area contributed by atoms with E-state index in [4.69, 9.17) is 9.47 Å². The molecule has 0 unspecified atom stereocenters. The molecular formula is C15H22N4O3. The van der Waals surface area contributed by atoms with Crippen molar-refractivity contribution in [2.75, 3.05) is 58.8 Å². The Morgan fingerprint density at radius 1 is 1.23 bits per heavy atom. The van der Waals surface area contributed by atoms with Crippen molar-refractivity contribution in [2.24, 2.45) is 0 Å². The molecule has 7 heteroatoms. The summed E-state index contributed by atoms with van der Waals surface area (Å²) in [4.78, 5) is 21.4. The van der Waals surface area contributed by atoms with Crippen LogP contribution in [0.15, 0.2) is 12.1 Å². The third kappa shape index (κ3) is 3.06. The van der Waals surface area contributed by atoms with Crippen molar-refractivity contribution >= 4 is 11.7 Å².